The molecular formula is C18H20O7. The van der Waals surface area contributed by atoms with Gasteiger partial charge in [-0.2, -0.15) is 0 Å². The molecule has 0 unspecified atom stereocenters. The van der Waals surface area contributed by atoms with Gasteiger partial charge in [0.15, 0.2) is 19.4 Å². The van der Waals surface area contributed by atoms with E-state index >= 15 is 0 Å². The van der Waals surface area contributed by atoms with Crippen LogP contribution in [0.5, 0.6) is 23.0 Å². The van der Waals surface area contributed by atoms with Crippen LogP contribution in [0.4, 0.5) is 0 Å². The molecule has 0 aliphatic carbocycles. The molecule has 0 atom stereocenters. The quantitative estimate of drug-likeness (QED) is 0.607. The molecule has 0 bridgehead atoms. The van der Waals surface area contributed by atoms with Crippen LogP contribution in [0, 0.1) is 0 Å². The summed E-state index contributed by atoms with van der Waals surface area (Å²) < 4.78 is 19.8. The van der Waals surface area contributed by atoms with Crippen molar-refractivity contribution in [1.82, 2.24) is 0 Å². The summed E-state index contributed by atoms with van der Waals surface area (Å²) in [6.45, 7) is 0.105. The van der Waals surface area contributed by atoms with E-state index < -0.39 is 0 Å². The van der Waals surface area contributed by atoms with E-state index in [9.17, 15) is 9.59 Å². The van der Waals surface area contributed by atoms with E-state index in [1.54, 1.807) is 30.3 Å². The minimum Gasteiger partial charge on any atom is -0.507 e. The number of aldehydes is 2. The Morgan fingerprint density at radius 1 is 0.840 bits per heavy atom. The molecule has 25 heavy (non-hydrogen) atoms. The minimum atomic E-state index is -0.0562. The Kier molecular flexibility index (Phi) is 8.53. The van der Waals surface area contributed by atoms with Crippen molar-refractivity contribution in [3.05, 3.63) is 47.5 Å². The summed E-state index contributed by atoms with van der Waals surface area (Å²) in [5, 5.41) is 9.11. The summed E-state index contributed by atoms with van der Waals surface area (Å²) in [5.74, 6) is 1.29. The van der Waals surface area contributed by atoms with Crippen molar-refractivity contribution in [3.8, 4) is 23.0 Å². The van der Waals surface area contributed by atoms with Crippen LogP contribution in [-0.2, 0) is 4.74 Å². The van der Waals surface area contributed by atoms with Crippen LogP contribution < -0.4 is 14.2 Å². The molecule has 0 aliphatic heterocycles. The van der Waals surface area contributed by atoms with Gasteiger partial charge >= 0.3 is 0 Å². The highest BCUT2D eigenvalue weighted by Crippen LogP contribution is 2.26. The van der Waals surface area contributed by atoms with Gasteiger partial charge < -0.3 is 24.1 Å². The van der Waals surface area contributed by atoms with Crippen molar-refractivity contribution in [2.45, 2.75) is 0 Å². The predicted octanol–water partition coefficient (Wildman–Crippen LogP) is 2.70. The monoisotopic (exact) mass is 348 g/mol. The second-order valence-electron chi connectivity index (χ2n) is 4.55. The molecule has 0 aliphatic rings. The van der Waals surface area contributed by atoms with E-state index in [0.29, 0.717) is 35.4 Å². The van der Waals surface area contributed by atoms with Gasteiger partial charge in [-0.1, -0.05) is 12.1 Å². The number of hydrogen-bond acceptors (Lipinski definition) is 7. The normalized spacial score (nSPS) is 9.40. The fourth-order valence-corrected chi connectivity index (χ4v) is 1.90. The number of carbonyl (C=O) groups excluding carboxylic acids is 2. The molecule has 0 saturated heterocycles. The average Bonchev–Trinajstić information content (AvgIpc) is 2.65. The smallest absolute Gasteiger partial charge is 0.188 e. The first kappa shape index (κ1) is 20.0. The fourth-order valence-electron chi connectivity index (χ4n) is 1.90. The van der Waals surface area contributed by atoms with Crippen LogP contribution in [0.15, 0.2) is 36.4 Å². The summed E-state index contributed by atoms with van der Waals surface area (Å²) in [6, 6.07) is 9.79. The molecule has 2 aromatic rings. The van der Waals surface area contributed by atoms with Gasteiger partial charge in [0.1, 0.15) is 23.0 Å². The Balaban J connectivity index is 0.000000257. The Morgan fingerprint density at radius 2 is 1.36 bits per heavy atom. The molecule has 0 fully saturated rings. The van der Waals surface area contributed by atoms with Crippen molar-refractivity contribution < 1.29 is 33.6 Å². The molecule has 7 heteroatoms. The highest BCUT2D eigenvalue weighted by atomic mass is 16.7. The molecular weight excluding hydrogens is 328 g/mol. The van der Waals surface area contributed by atoms with Gasteiger partial charge in [-0.3, -0.25) is 9.59 Å². The number of carbonyl (C=O) groups is 2. The van der Waals surface area contributed by atoms with Crippen molar-refractivity contribution in [3.63, 3.8) is 0 Å². The summed E-state index contributed by atoms with van der Waals surface area (Å²) in [4.78, 5) is 21.1. The summed E-state index contributed by atoms with van der Waals surface area (Å²) in [7, 11) is 4.46. The maximum Gasteiger partial charge on any atom is 0.188 e. The SMILES string of the molecule is COCOc1cccc(OC)c1C=O.COc1cccc(O)c1C=O. The highest BCUT2D eigenvalue weighted by Gasteiger charge is 2.08. The van der Waals surface area contributed by atoms with Gasteiger partial charge in [0.05, 0.1) is 25.3 Å². The van der Waals surface area contributed by atoms with E-state index in [1.807, 2.05) is 0 Å². The number of hydrogen-bond donors (Lipinski definition) is 1. The van der Waals surface area contributed by atoms with Crippen molar-refractivity contribution in [2.24, 2.45) is 0 Å². The zero-order chi connectivity index (χ0) is 18.7. The number of methoxy groups -OCH3 is 3. The van der Waals surface area contributed by atoms with Gasteiger partial charge in [0.2, 0.25) is 0 Å². The molecule has 1 N–H and O–H groups in total. The molecule has 0 heterocycles. The van der Waals surface area contributed by atoms with Gasteiger partial charge in [0, 0.05) is 7.11 Å². The first-order valence-electron chi connectivity index (χ1n) is 7.17. The molecule has 0 aromatic heterocycles. The average molecular weight is 348 g/mol. The Hall–Kier alpha value is -3.06. The Labute approximate surface area is 145 Å². The molecule has 0 amide bonds. The van der Waals surface area contributed by atoms with Crippen LogP contribution in [0.2, 0.25) is 0 Å². The lowest BCUT2D eigenvalue weighted by Gasteiger charge is -2.09. The van der Waals surface area contributed by atoms with E-state index in [-0.39, 0.29) is 18.1 Å². The molecule has 2 aromatic carbocycles. The molecule has 7 nitrogen and oxygen atoms in total. The lowest BCUT2D eigenvalue weighted by Crippen LogP contribution is -2.02. The van der Waals surface area contributed by atoms with Gasteiger partial charge in [-0.15, -0.1) is 0 Å². The van der Waals surface area contributed by atoms with Crippen LogP contribution >= 0.6 is 0 Å². The highest BCUT2D eigenvalue weighted by molar-refractivity contribution is 5.84. The fraction of sp³-hybridized carbons (Fsp3) is 0.222. The summed E-state index contributed by atoms with van der Waals surface area (Å²) in [6.07, 6.45) is 1.26. The Morgan fingerprint density at radius 3 is 1.84 bits per heavy atom. The minimum absolute atomic E-state index is 0.0562. The number of ether oxygens (including phenoxy) is 4. The van der Waals surface area contributed by atoms with Crippen molar-refractivity contribution >= 4 is 12.6 Å². The Bertz CT molecular complexity index is 698. The molecule has 134 valence electrons. The lowest BCUT2D eigenvalue weighted by atomic mass is 10.2. The van der Waals surface area contributed by atoms with Gasteiger partial charge in [0.25, 0.3) is 0 Å². The standard InChI is InChI=1S/C10H12O4.C8H8O3/c1-12-7-14-10-5-3-4-9(13-2)8(10)6-11;1-11-8-4-2-3-7(10)6(8)5-9/h3-6H,7H2,1-2H3;2-5,10H,1H3. The van der Waals surface area contributed by atoms with Crippen molar-refractivity contribution in [2.75, 3.05) is 28.1 Å². The third-order valence-electron chi connectivity index (χ3n) is 3.08. The number of benzene rings is 2. The van der Waals surface area contributed by atoms with Crippen LogP contribution in [0.1, 0.15) is 20.7 Å². The molecule has 0 radical (unpaired) electrons. The third-order valence-corrected chi connectivity index (χ3v) is 3.08. The van der Waals surface area contributed by atoms with E-state index in [0.717, 1.165) is 0 Å². The maximum absolute atomic E-state index is 10.8. The maximum atomic E-state index is 10.8. The van der Waals surface area contributed by atoms with Crippen LogP contribution in [0.3, 0.4) is 0 Å². The zero-order valence-corrected chi connectivity index (χ0v) is 14.2. The number of phenols is 1. The number of phenolic OH excluding ortho intramolecular Hbond substituents is 1. The molecule has 0 saturated carbocycles. The third kappa shape index (κ3) is 5.50. The first-order chi connectivity index (χ1) is 12.1. The number of aromatic hydroxyl groups is 1. The van der Waals surface area contributed by atoms with Crippen molar-refractivity contribution in [1.29, 1.82) is 0 Å². The lowest BCUT2D eigenvalue weighted by molar-refractivity contribution is 0.0503. The summed E-state index contributed by atoms with van der Waals surface area (Å²) in [5.41, 5.74) is 0.585. The molecule has 0 spiro atoms. The largest absolute Gasteiger partial charge is 0.507 e. The van der Waals surface area contributed by atoms with Gasteiger partial charge in [-0.05, 0) is 24.3 Å². The van der Waals surface area contributed by atoms with Gasteiger partial charge in [-0.25, -0.2) is 0 Å². The second kappa shape index (κ2) is 10.7. The summed E-state index contributed by atoms with van der Waals surface area (Å²) >= 11 is 0. The topological polar surface area (TPSA) is 91.3 Å². The first-order valence-corrected chi connectivity index (χ1v) is 7.17. The van der Waals surface area contributed by atoms with Crippen LogP contribution in [-0.4, -0.2) is 45.8 Å². The predicted molar refractivity (Wildman–Crippen MR) is 90.9 cm³/mol. The van der Waals surface area contributed by atoms with E-state index in [1.165, 1.54) is 27.4 Å². The van der Waals surface area contributed by atoms with Crippen LogP contribution in [0.25, 0.3) is 0 Å². The molecule has 2 rings (SSSR count). The van der Waals surface area contributed by atoms with E-state index in [4.69, 9.17) is 24.1 Å². The van der Waals surface area contributed by atoms with E-state index in [2.05, 4.69) is 0 Å². The zero-order valence-electron chi connectivity index (χ0n) is 14.2. The second-order valence-corrected chi connectivity index (χ2v) is 4.55. The number of rotatable bonds is 7.